The first-order valence-corrected chi connectivity index (χ1v) is 8.23. The van der Waals surface area contributed by atoms with Crippen LogP contribution in [0.1, 0.15) is 57.8 Å². The number of rotatable bonds is 3. The molecule has 114 valence electrons. The van der Waals surface area contributed by atoms with E-state index in [9.17, 15) is 0 Å². The van der Waals surface area contributed by atoms with Crippen LogP contribution in [0.15, 0.2) is 29.6 Å². The first kappa shape index (κ1) is 16.0. The zero-order valence-corrected chi connectivity index (χ0v) is 14.7. The van der Waals surface area contributed by atoms with Gasteiger partial charge in [0.15, 0.2) is 0 Å². The number of para-hydroxylation sites is 1. The summed E-state index contributed by atoms with van der Waals surface area (Å²) in [7, 11) is 0. The number of aromatic nitrogens is 1. The monoisotopic (exact) mass is 303 g/mol. The fourth-order valence-electron chi connectivity index (χ4n) is 2.07. The van der Waals surface area contributed by atoms with E-state index < -0.39 is 0 Å². The summed E-state index contributed by atoms with van der Waals surface area (Å²) in [5.41, 5.74) is 2.54. The van der Waals surface area contributed by atoms with E-state index >= 15 is 0 Å². The van der Waals surface area contributed by atoms with Gasteiger partial charge in [0.25, 0.3) is 0 Å². The van der Waals surface area contributed by atoms with Crippen molar-refractivity contribution in [1.82, 2.24) is 4.98 Å². The molecule has 0 fully saturated rings. The van der Waals surface area contributed by atoms with Crippen LogP contribution < -0.4 is 4.74 Å². The predicted octanol–water partition coefficient (Wildman–Crippen LogP) is 5.32. The Morgan fingerprint density at radius 2 is 1.67 bits per heavy atom. The number of ether oxygens (including phenoxy) is 1. The fraction of sp³-hybridized carbons (Fsp3) is 0.500. The van der Waals surface area contributed by atoms with E-state index in [0.717, 1.165) is 16.5 Å². The van der Waals surface area contributed by atoms with Gasteiger partial charge in [-0.1, -0.05) is 59.7 Å². The van der Waals surface area contributed by atoms with Gasteiger partial charge in [-0.05, 0) is 17.0 Å². The van der Waals surface area contributed by atoms with Gasteiger partial charge in [0.2, 0.25) is 0 Å². The Morgan fingerprint density at radius 3 is 2.24 bits per heavy atom. The van der Waals surface area contributed by atoms with Gasteiger partial charge < -0.3 is 4.74 Å². The van der Waals surface area contributed by atoms with Gasteiger partial charge in [0.05, 0.1) is 5.69 Å². The van der Waals surface area contributed by atoms with Gasteiger partial charge >= 0.3 is 0 Å². The van der Waals surface area contributed by atoms with Gasteiger partial charge in [0, 0.05) is 10.8 Å². The van der Waals surface area contributed by atoms with Crippen LogP contribution in [0, 0.1) is 0 Å². The van der Waals surface area contributed by atoms with Crippen molar-refractivity contribution in [2.45, 2.75) is 59.0 Å². The highest BCUT2D eigenvalue weighted by Gasteiger charge is 2.20. The van der Waals surface area contributed by atoms with Crippen LogP contribution in [0.2, 0.25) is 0 Å². The lowest BCUT2D eigenvalue weighted by Gasteiger charge is -2.22. The molecule has 0 aliphatic carbocycles. The van der Waals surface area contributed by atoms with Crippen molar-refractivity contribution in [3.63, 3.8) is 0 Å². The highest BCUT2D eigenvalue weighted by Crippen LogP contribution is 2.32. The smallest absolute Gasteiger partial charge is 0.140 e. The van der Waals surface area contributed by atoms with Crippen LogP contribution in [0.4, 0.5) is 0 Å². The summed E-state index contributed by atoms with van der Waals surface area (Å²) in [5, 5.41) is 3.16. The molecule has 0 radical (unpaired) electrons. The molecule has 3 heteroatoms. The first-order valence-electron chi connectivity index (χ1n) is 7.35. The van der Waals surface area contributed by atoms with Crippen molar-refractivity contribution in [1.29, 1.82) is 0 Å². The minimum atomic E-state index is 0.0794. The third kappa shape index (κ3) is 4.07. The van der Waals surface area contributed by atoms with Crippen molar-refractivity contribution in [2.75, 3.05) is 0 Å². The maximum Gasteiger partial charge on any atom is 0.140 e. The molecule has 21 heavy (non-hydrogen) atoms. The van der Waals surface area contributed by atoms with Crippen LogP contribution in [-0.2, 0) is 17.4 Å². The second-order valence-electron chi connectivity index (χ2n) is 7.41. The Balaban J connectivity index is 2.12. The molecule has 1 heterocycles. The first-order chi connectivity index (χ1) is 9.68. The lowest BCUT2D eigenvalue weighted by Crippen LogP contribution is -2.13. The second-order valence-corrected chi connectivity index (χ2v) is 8.35. The topological polar surface area (TPSA) is 22.1 Å². The molecule has 2 nitrogen and oxygen atoms in total. The van der Waals surface area contributed by atoms with E-state index in [1.54, 1.807) is 11.3 Å². The third-order valence-corrected chi connectivity index (χ3v) is 4.19. The van der Waals surface area contributed by atoms with Crippen LogP contribution in [0.25, 0.3) is 0 Å². The van der Waals surface area contributed by atoms with E-state index in [0.29, 0.717) is 6.61 Å². The largest absolute Gasteiger partial charge is 0.486 e. The molecular weight excluding hydrogens is 278 g/mol. The molecular formula is C18H25NOS. The lowest BCUT2D eigenvalue weighted by molar-refractivity contribution is 0.296. The van der Waals surface area contributed by atoms with E-state index in [1.165, 1.54) is 5.56 Å². The molecule has 0 amide bonds. The van der Waals surface area contributed by atoms with Gasteiger partial charge in [-0.25, -0.2) is 4.98 Å². The summed E-state index contributed by atoms with van der Waals surface area (Å²) in [6, 6.07) is 8.26. The predicted molar refractivity (Wildman–Crippen MR) is 90.3 cm³/mol. The molecule has 0 unspecified atom stereocenters. The highest BCUT2D eigenvalue weighted by atomic mass is 32.1. The molecule has 0 bridgehead atoms. The summed E-state index contributed by atoms with van der Waals surface area (Å²) in [4.78, 5) is 4.68. The maximum atomic E-state index is 6.02. The number of hydrogen-bond acceptors (Lipinski definition) is 3. The van der Waals surface area contributed by atoms with Gasteiger partial charge in [-0.3, -0.25) is 0 Å². The van der Waals surface area contributed by atoms with Crippen molar-refractivity contribution in [3.8, 4) is 5.75 Å². The maximum absolute atomic E-state index is 6.02. The Hall–Kier alpha value is -1.35. The Bertz CT molecular complexity index is 602. The zero-order valence-electron chi connectivity index (χ0n) is 13.9. The van der Waals surface area contributed by atoms with Crippen molar-refractivity contribution < 1.29 is 4.74 Å². The molecule has 0 saturated carbocycles. The van der Waals surface area contributed by atoms with Crippen molar-refractivity contribution in [3.05, 3.63) is 45.9 Å². The van der Waals surface area contributed by atoms with Crippen molar-refractivity contribution in [2.24, 2.45) is 0 Å². The van der Waals surface area contributed by atoms with E-state index in [1.807, 2.05) is 12.1 Å². The molecule has 2 aromatic rings. The fourth-order valence-corrected chi connectivity index (χ4v) is 3.01. The highest BCUT2D eigenvalue weighted by molar-refractivity contribution is 7.09. The van der Waals surface area contributed by atoms with Crippen LogP contribution in [0.3, 0.4) is 0 Å². The zero-order chi connectivity index (χ0) is 15.7. The van der Waals surface area contributed by atoms with Crippen LogP contribution in [0.5, 0.6) is 5.75 Å². The average Bonchev–Trinajstić information content (AvgIpc) is 2.84. The quantitative estimate of drug-likeness (QED) is 0.766. The molecule has 0 spiro atoms. The van der Waals surface area contributed by atoms with Gasteiger partial charge in [0.1, 0.15) is 17.4 Å². The third-order valence-electron chi connectivity index (χ3n) is 3.37. The lowest BCUT2D eigenvalue weighted by atomic mass is 9.86. The number of thiazole rings is 1. The normalized spacial score (nSPS) is 12.5. The molecule has 0 N–H and O–H groups in total. The number of nitrogens with zero attached hydrogens (tertiary/aromatic N) is 1. The van der Waals surface area contributed by atoms with E-state index in [-0.39, 0.29) is 10.8 Å². The molecule has 0 aliphatic rings. The second kappa shape index (κ2) is 5.80. The Kier molecular flexibility index (Phi) is 4.43. The molecule has 0 aliphatic heterocycles. The van der Waals surface area contributed by atoms with Crippen LogP contribution >= 0.6 is 11.3 Å². The van der Waals surface area contributed by atoms with Gasteiger partial charge in [-0.15, -0.1) is 11.3 Å². The summed E-state index contributed by atoms with van der Waals surface area (Å²) in [5.74, 6) is 0.956. The number of benzene rings is 1. The SMILES string of the molecule is CC(C)(C)c1csc(COc2ccccc2C(C)(C)C)n1. The summed E-state index contributed by atoms with van der Waals surface area (Å²) >= 11 is 1.67. The standard InChI is InChI=1S/C18H25NOS/c1-17(2,3)13-9-7-8-10-14(13)20-11-16-19-15(12-21-16)18(4,5)6/h7-10,12H,11H2,1-6H3. The van der Waals surface area contributed by atoms with Crippen LogP contribution in [-0.4, -0.2) is 4.98 Å². The average molecular weight is 303 g/mol. The summed E-state index contributed by atoms with van der Waals surface area (Å²) in [6.07, 6.45) is 0. The molecule has 0 saturated heterocycles. The minimum absolute atomic E-state index is 0.0794. The molecule has 1 aromatic heterocycles. The van der Waals surface area contributed by atoms with E-state index in [4.69, 9.17) is 4.74 Å². The van der Waals surface area contributed by atoms with Gasteiger partial charge in [-0.2, -0.15) is 0 Å². The molecule has 1 aromatic carbocycles. The van der Waals surface area contributed by atoms with E-state index in [2.05, 4.69) is 64.0 Å². The molecule has 2 rings (SSSR count). The minimum Gasteiger partial charge on any atom is -0.486 e. The Labute approximate surface area is 132 Å². The molecule has 0 atom stereocenters. The Morgan fingerprint density at radius 1 is 1.00 bits per heavy atom. The number of hydrogen-bond donors (Lipinski definition) is 0. The van der Waals surface area contributed by atoms with Crippen molar-refractivity contribution >= 4 is 11.3 Å². The summed E-state index contributed by atoms with van der Waals surface area (Å²) in [6.45, 7) is 13.7. The summed E-state index contributed by atoms with van der Waals surface area (Å²) < 4.78 is 6.02.